The predicted molar refractivity (Wildman–Crippen MR) is 116 cm³/mol. The van der Waals surface area contributed by atoms with Crippen molar-refractivity contribution in [3.63, 3.8) is 0 Å². The third kappa shape index (κ3) is 5.54. The zero-order valence-corrected chi connectivity index (χ0v) is 17.0. The summed E-state index contributed by atoms with van der Waals surface area (Å²) in [5, 5.41) is 3.87. The SMILES string of the molecule is C=NC(=N/C(C(=C)C)=C(/C)CNc1ccc(Cl)c(OC)c1)c1ccc(F)cc1. The fraction of sp³-hybridized carbons (Fsp3) is 0.182. The molecule has 0 spiro atoms. The van der Waals surface area contributed by atoms with Crippen LogP contribution in [0.1, 0.15) is 19.4 Å². The van der Waals surface area contributed by atoms with Crippen LogP contribution < -0.4 is 10.1 Å². The fourth-order valence-corrected chi connectivity index (χ4v) is 2.73. The molecule has 0 radical (unpaired) electrons. The minimum atomic E-state index is -0.318. The van der Waals surface area contributed by atoms with E-state index in [2.05, 4.69) is 28.6 Å². The van der Waals surface area contributed by atoms with Crippen LogP contribution in [-0.2, 0) is 0 Å². The number of amidine groups is 1. The van der Waals surface area contributed by atoms with Crippen LogP contribution in [0.4, 0.5) is 10.1 Å². The lowest BCUT2D eigenvalue weighted by Gasteiger charge is -2.13. The Kier molecular flexibility index (Phi) is 7.52. The molecule has 0 aliphatic heterocycles. The average Bonchev–Trinajstić information content (AvgIpc) is 2.68. The van der Waals surface area contributed by atoms with Crippen molar-refractivity contribution in [2.24, 2.45) is 9.98 Å². The summed E-state index contributed by atoms with van der Waals surface area (Å²) in [7, 11) is 1.57. The van der Waals surface area contributed by atoms with E-state index in [1.165, 1.54) is 12.1 Å². The highest BCUT2D eigenvalue weighted by Crippen LogP contribution is 2.27. The summed E-state index contributed by atoms with van der Waals surface area (Å²) < 4.78 is 18.4. The van der Waals surface area contributed by atoms with E-state index in [1.807, 2.05) is 26.0 Å². The number of nitrogens with one attached hydrogen (secondary N) is 1. The first-order chi connectivity index (χ1) is 13.3. The number of methoxy groups -OCH3 is 1. The van der Waals surface area contributed by atoms with Crippen LogP contribution in [0.2, 0.25) is 5.02 Å². The van der Waals surface area contributed by atoms with E-state index >= 15 is 0 Å². The number of nitrogens with zero attached hydrogens (tertiary/aromatic N) is 2. The highest BCUT2D eigenvalue weighted by atomic mass is 35.5. The Labute approximate surface area is 170 Å². The Morgan fingerprint density at radius 3 is 2.43 bits per heavy atom. The van der Waals surface area contributed by atoms with E-state index in [4.69, 9.17) is 16.3 Å². The zero-order chi connectivity index (χ0) is 20.7. The molecule has 1 N–H and O–H groups in total. The summed E-state index contributed by atoms with van der Waals surface area (Å²) in [5.74, 6) is 0.688. The van der Waals surface area contributed by atoms with Crippen molar-refractivity contribution >= 4 is 29.8 Å². The van der Waals surface area contributed by atoms with Gasteiger partial charge in [0.1, 0.15) is 11.6 Å². The van der Waals surface area contributed by atoms with Crippen LogP contribution in [0.5, 0.6) is 5.75 Å². The quantitative estimate of drug-likeness (QED) is 0.358. The molecule has 0 atom stereocenters. The van der Waals surface area contributed by atoms with Gasteiger partial charge in [-0.1, -0.05) is 18.2 Å². The molecule has 28 heavy (non-hydrogen) atoms. The van der Waals surface area contributed by atoms with Gasteiger partial charge in [0.15, 0.2) is 5.84 Å². The smallest absolute Gasteiger partial charge is 0.159 e. The van der Waals surface area contributed by atoms with Crippen molar-refractivity contribution in [1.29, 1.82) is 0 Å². The molecule has 0 aliphatic rings. The second kappa shape index (κ2) is 9.85. The molecule has 2 aromatic carbocycles. The maximum Gasteiger partial charge on any atom is 0.159 e. The molecule has 4 nitrogen and oxygen atoms in total. The first-order valence-corrected chi connectivity index (χ1v) is 8.98. The summed E-state index contributed by atoms with van der Waals surface area (Å²) in [6.45, 7) is 12.0. The number of aliphatic imine (C=N–C) groups is 2. The van der Waals surface area contributed by atoms with Crippen LogP contribution in [0.25, 0.3) is 0 Å². The van der Waals surface area contributed by atoms with E-state index < -0.39 is 0 Å². The van der Waals surface area contributed by atoms with Crippen molar-refractivity contribution in [2.45, 2.75) is 13.8 Å². The minimum absolute atomic E-state index is 0.318. The third-order valence-electron chi connectivity index (χ3n) is 3.99. The van der Waals surface area contributed by atoms with Gasteiger partial charge in [0.2, 0.25) is 0 Å². The van der Waals surface area contributed by atoms with E-state index in [0.29, 0.717) is 34.4 Å². The monoisotopic (exact) mass is 399 g/mol. The molecule has 2 rings (SSSR count). The Hall–Kier alpha value is -2.92. The van der Waals surface area contributed by atoms with Gasteiger partial charge in [-0.15, -0.1) is 0 Å². The molecular formula is C22H23ClFN3O. The molecule has 0 unspecified atom stereocenters. The number of hydrogen-bond acceptors (Lipinski definition) is 3. The maximum absolute atomic E-state index is 13.2. The van der Waals surface area contributed by atoms with Gasteiger partial charge < -0.3 is 10.1 Å². The van der Waals surface area contributed by atoms with Crippen LogP contribution in [0.15, 0.2) is 75.9 Å². The molecule has 2 aromatic rings. The minimum Gasteiger partial charge on any atom is -0.495 e. The van der Waals surface area contributed by atoms with Gasteiger partial charge in [-0.2, -0.15) is 0 Å². The summed E-state index contributed by atoms with van der Waals surface area (Å²) in [4.78, 5) is 8.61. The lowest BCUT2D eigenvalue weighted by molar-refractivity contribution is 0.415. The Balaban J connectivity index is 2.29. The average molecular weight is 400 g/mol. The second-order valence-electron chi connectivity index (χ2n) is 6.21. The molecular weight excluding hydrogens is 377 g/mol. The summed E-state index contributed by atoms with van der Waals surface area (Å²) in [5.41, 5.74) is 4.01. The summed E-state index contributed by atoms with van der Waals surface area (Å²) in [6.07, 6.45) is 0. The number of anilines is 1. The number of benzene rings is 2. The molecule has 0 heterocycles. The fourth-order valence-electron chi connectivity index (χ4n) is 2.54. The number of allylic oxidation sites excluding steroid dienone is 1. The van der Waals surface area contributed by atoms with E-state index in [9.17, 15) is 4.39 Å². The molecule has 0 amide bonds. The number of rotatable bonds is 7. The lowest BCUT2D eigenvalue weighted by atomic mass is 10.1. The molecule has 0 saturated carbocycles. The zero-order valence-electron chi connectivity index (χ0n) is 16.2. The Morgan fingerprint density at radius 1 is 1.18 bits per heavy atom. The number of halogens is 2. The molecule has 0 bridgehead atoms. The number of ether oxygens (including phenoxy) is 1. The van der Waals surface area contributed by atoms with Crippen molar-refractivity contribution in [3.8, 4) is 5.75 Å². The molecule has 6 heteroatoms. The van der Waals surface area contributed by atoms with Crippen LogP contribution in [0, 0.1) is 5.82 Å². The van der Waals surface area contributed by atoms with Gasteiger partial charge >= 0.3 is 0 Å². The maximum atomic E-state index is 13.2. The van der Waals surface area contributed by atoms with Gasteiger partial charge in [0, 0.05) is 23.9 Å². The standard InChI is InChI=1S/C22H23ClFN3O/c1-14(2)21(27-22(25-4)16-6-8-17(24)9-7-16)15(3)13-26-18-10-11-19(23)20(12-18)28-5/h6-12,26H,1,4,13H2,2-3,5H3/b21-15-,27-22?. The first kappa shape index (κ1) is 21.4. The lowest BCUT2D eigenvalue weighted by Crippen LogP contribution is -2.07. The summed E-state index contributed by atoms with van der Waals surface area (Å²) in [6, 6.07) is 11.4. The van der Waals surface area contributed by atoms with Crippen molar-refractivity contribution in [2.75, 3.05) is 19.0 Å². The molecule has 0 saturated heterocycles. The molecule has 146 valence electrons. The van der Waals surface area contributed by atoms with E-state index in [0.717, 1.165) is 16.8 Å². The number of hydrogen-bond donors (Lipinski definition) is 1. The van der Waals surface area contributed by atoms with Crippen LogP contribution in [0.3, 0.4) is 0 Å². The molecule has 0 aliphatic carbocycles. The van der Waals surface area contributed by atoms with Gasteiger partial charge in [-0.05, 0) is 68.1 Å². The topological polar surface area (TPSA) is 46.0 Å². The van der Waals surface area contributed by atoms with Crippen molar-refractivity contribution in [3.05, 3.63) is 82.3 Å². The van der Waals surface area contributed by atoms with Crippen molar-refractivity contribution in [1.82, 2.24) is 0 Å². The highest BCUT2D eigenvalue weighted by Gasteiger charge is 2.08. The summed E-state index contributed by atoms with van der Waals surface area (Å²) >= 11 is 6.06. The van der Waals surface area contributed by atoms with E-state index in [1.54, 1.807) is 25.3 Å². The highest BCUT2D eigenvalue weighted by molar-refractivity contribution is 6.32. The van der Waals surface area contributed by atoms with Gasteiger partial charge in [0.25, 0.3) is 0 Å². The molecule has 0 aromatic heterocycles. The van der Waals surface area contributed by atoms with Crippen molar-refractivity contribution < 1.29 is 9.13 Å². The van der Waals surface area contributed by atoms with Gasteiger partial charge in [-0.25, -0.2) is 14.4 Å². The van der Waals surface area contributed by atoms with E-state index in [-0.39, 0.29) is 5.82 Å². The molecule has 0 fully saturated rings. The second-order valence-corrected chi connectivity index (χ2v) is 6.62. The third-order valence-corrected chi connectivity index (χ3v) is 4.30. The van der Waals surface area contributed by atoms with Gasteiger partial charge in [-0.3, -0.25) is 0 Å². The predicted octanol–water partition coefficient (Wildman–Crippen LogP) is 5.90. The largest absolute Gasteiger partial charge is 0.495 e. The normalized spacial score (nSPS) is 12.2. The van der Waals surface area contributed by atoms with Gasteiger partial charge in [0.05, 0.1) is 17.8 Å². The Morgan fingerprint density at radius 2 is 1.86 bits per heavy atom. The van der Waals surface area contributed by atoms with Crippen LogP contribution in [-0.4, -0.2) is 26.2 Å². The Bertz CT molecular complexity index is 933. The first-order valence-electron chi connectivity index (χ1n) is 8.60. The van der Waals surface area contributed by atoms with Crippen LogP contribution >= 0.6 is 11.6 Å².